The van der Waals surface area contributed by atoms with Crippen LogP contribution in [0.15, 0.2) is 17.5 Å². The van der Waals surface area contributed by atoms with E-state index in [-0.39, 0.29) is 11.9 Å². The summed E-state index contributed by atoms with van der Waals surface area (Å²) in [5.74, 6) is 0.176. The van der Waals surface area contributed by atoms with Gasteiger partial charge in [0.1, 0.15) is 9.84 Å². The van der Waals surface area contributed by atoms with Crippen molar-refractivity contribution >= 4 is 21.2 Å². The van der Waals surface area contributed by atoms with Crippen molar-refractivity contribution in [1.29, 1.82) is 0 Å². The Morgan fingerprint density at radius 1 is 1.35 bits per heavy atom. The molecule has 3 nitrogen and oxygen atoms in total. The van der Waals surface area contributed by atoms with Gasteiger partial charge in [0, 0.05) is 16.9 Å². The van der Waals surface area contributed by atoms with E-state index >= 15 is 0 Å². The summed E-state index contributed by atoms with van der Waals surface area (Å²) in [6, 6.07) is 4.13. The maximum absolute atomic E-state index is 10.9. The molecule has 17 heavy (non-hydrogen) atoms. The lowest BCUT2D eigenvalue weighted by Crippen LogP contribution is -2.10. The van der Waals surface area contributed by atoms with Crippen molar-refractivity contribution in [3.05, 3.63) is 22.4 Å². The molecule has 98 valence electrons. The molecule has 1 heterocycles. The predicted molar refractivity (Wildman–Crippen MR) is 72.2 cm³/mol. The SMILES string of the molecule is CS(=O)(=O)CCCC(O)CCCc1cccs1. The summed E-state index contributed by atoms with van der Waals surface area (Å²) in [5.41, 5.74) is 0. The fourth-order valence-electron chi connectivity index (χ4n) is 1.69. The highest BCUT2D eigenvalue weighted by Gasteiger charge is 2.07. The number of aliphatic hydroxyl groups excluding tert-OH is 1. The third-order valence-electron chi connectivity index (χ3n) is 2.59. The highest BCUT2D eigenvalue weighted by molar-refractivity contribution is 7.90. The van der Waals surface area contributed by atoms with Crippen LogP contribution in [0, 0.1) is 0 Å². The van der Waals surface area contributed by atoms with Gasteiger partial charge in [-0.25, -0.2) is 8.42 Å². The van der Waals surface area contributed by atoms with E-state index in [1.165, 1.54) is 11.1 Å². The van der Waals surface area contributed by atoms with Gasteiger partial charge in [0.05, 0.1) is 6.10 Å². The third-order valence-corrected chi connectivity index (χ3v) is 4.56. The minimum absolute atomic E-state index is 0.176. The summed E-state index contributed by atoms with van der Waals surface area (Å²) in [7, 11) is -2.89. The first kappa shape index (κ1) is 14.7. The van der Waals surface area contributed by atoms with Crippen LogP contribution in [0.3, 0.4) is 0 Å². The molecule has 0 aliphatic carbocycles. The average Bonchev–Trinajstić information content (AvgIpc) is 2.68. The van der Waals surface area contributed by atoms with E-state index in [0.717, 1.165) is 19.3 Å². The van der Waals surface area contributed by atoms with Crippen LogP contribution in [-0.4, -0.2) is 31.6 Å². The van der Waals surface area contributed by atoms with Gasteiger partial charge in [-0.05, 0) is 43.6 Å². The molecule has 1 aromatic rings. The van der Waals surface area contributed by atoms with Crippen LogP contribution in [0.2, 0.25) is 0 Å². The van der Waals surface area contributed by atoms with Gasteiger partial charge >= 0.3 is 0 Å². The number of aliphatic hydroxyl groups is 1. The van der Waals surface area contributed by atoms with Crippen LogP contribution in [-0.2, 0) is 16.3 Å². The minimum Gasteiger partial charge on any atom is -0.393 e. The third kappa shape index (κ3) is 7.52. The summed E-state index contributed by atoms with van der Waals surface area (Å²) in [4.78, 5) is 1.34. The van der Waals surface area contributed by atoms with Crippen molar-refractivity contribution in [3.63, 3.8) is 0 Å². The molecule has 0 bridgehead atoms. The zero-order valence-electron chi connectivity index (χ0n) is 10.1. The number of hydrogen-bond donors (Lipinski definition) is 1. The Labute approximate surface area is 107 Å². The largest absolute Gasteiger partial charge is 0.393 e. The van der Waals surface area contributed by atoms with Crippen LogP contribution in [0.25, 0.3) is 0 Å². The Morgan fingerprint density at radius 3 is 2.65 bits per heavy atom. The second-order valence-electron chi connectivity index (χ2n) is 4.40. The molecule has 0 aromatic carbocycles. The molecular weight excluding hydrogens is 256 g/mol. The van der Waals surface area contributed by atoms with Gasteiger partial charge in [-0.15, -0.1) is 11.3 Å². The van der Waals surface area contributed by atoms with E-state index in [4.69, 9.17) is 0 Å². The first-order valence-electron chi connectivity index (χ1n) is 5.85. The lowest BCUT2D eigenvalue weighted by Gasteiger charge is -2.09. The van der Waals surface area contributed by atoms with Gasteiger partial charge in [-0.2, -0.15) is 0 Å². The Hall–Kier alpha value is -0.390. The Morgan fingerprint density at radius 2 is 2.06 bits per heavy atom. The Balaban J connectivity index is 2.07. The molecular formula is C12H20O3S2. The minimum atomic E-state index is -2.89. The van der Waals surface area contributed by atoms with Crippen molar-refractivity contribution in [2.45, 2.75) is 38.2 Å². The van der Waals surface area contributed by atoms with Gasteiger partial charge in [0.2, 0.25) is 0 Å². The summed E-state index contributed by atoms with van der Waals surface area (Å²) in [6.45, 7) is 0. The fourth-order valence-corrected chi connectivity index (χ4v) is 3.13. The second-order valence-corrected chi connectivity index (χ2v) is 7.69. The van der Waals surface area contributed by atoms with Gasteiger partial charge in [-0.1, -0.05) is 6.07 Å². The van der Waals surface area contributed by atoms with Crippen molar-refractivity contribution in [1.82, 2.24) is 0 Å². The maximum atomic E-state index is 10.9. The Bertz CT molecular complexity index is 395. The number of aryl methyl sites for hydroxylation is 1. The molecule has 1 aromatic heterocycles. The van der Waals surface area contributed by atoms with Crippen LogP contribution in [0.4, 0.5) is 0 Å². The van der Waals surface area contributed by atoms with E-state index in [2.05, 4.69) is 11.4 Å². The lowest BCUT2D eigenvalue weighted by atomic mass is 10.1. The Kier molecular flexibility index (Phi) is 6.16. The molecule has 0 amide bonds. The van der Waals surface area contributed by atoms with Crippen LogP contribution >= 0.6 is 11.3 Å². The molecule has 1 atom stereocenters. The highest BCUT2D eigenvalue weighted by atomic mass is 32.2. The van der Waals surface area contributed by atoms with Crippen molar-refractivity contribution in [3.8, 4) is 0 Å². The van der Waals surface area contributed by atoms with Crippen molar-refractivity contribution in [2.24, 2.45) is 0 Å². The maximum Gasteiger partial charge on any atom is 0.147 e. The molecule has 0 aliphatic heterocycles. The number of hydrogen-bond acceptors (Lipinski definition) is 4. The van der Waals surface area contributed by atoms with E-state index in [0.29, 0.717) is 12.8 Å². The van der Waals surface area contributed by atoms with Crippen LogP contribution in [0.5, 0.6) is 0 Å². The standard InChI is InChI=1S/C12H20O3S2/c1-17(14,15)10-4-6-11(13)5-2-7-12-8-3-9-16-12/h3,8-9,11,13H,2,4-7,10H2,1H3. The summed E-state index contributed by atoms with van der Waals surface area (Å²) < 4.78 is 21.8. The zero-order chi connectivity index (χ0) is 12.7. The fraction of sp³-hybridized carbons (Fsp3) is 0.667. The van der Waals surface area contributed by atoms with Crippen molar-refractivity contribution in [2.75, 3.05) is 12.0 Å². The van der Waals surface area contributed by atoms with Gasteiger partial charge in [-0.3, -0.25) is 0 Å². The molecule has 0 saturated carbocycles. The average molecular weight is 276 g/mol. The van der Waals surface area contributed by atoms with Crippen molar-refractivity contribution < 1.29 is 13.5 Å². The molecule has 5 heteroatoms. The van der Waals surface area contributed by atoms with Gasteiger partial charge < -0.3 is 5.11 Å². The van der Waals surface area contributed by atoms with Gasteiger partial charge in [0.25, 0.3) is 0 Å². The van der Waals surface area contributed by atoms with Gasteiger partial charge in [0.15, 0.2) is 0 Å². The molecule has 0 aliphatic rings. The lowest BCUT2D eigenvalue weighted by molar-refractivity contribution is 0.151. The molecule has 1 N–H and O–H groups in total. The first-order chi connectivity index (χ1) is 7.97. The normalized spacial score (nSPS) is 13.8. The quantitative estimate of drug-likeness (QED) is 0.792. The first-order valence-corrected chi connectivity index (χ1v) is 8.79. The smallest absolute Gasteiger partial charge is 0.147 e. The zero-order valence-corrected chi connectivity index (χ0v) is 11.8. The monoisotopic (exact) mass is 276 g/mol. The number of sulfone groups is 1. The number of thiophene rings is 1. The summed E-state index contributed by atoms with van der Waals surface area (Å²) >= 11 is 1.73. The van der Waals surface area contributed by atoms with E-state index < -0.39 is 9.84 Å². The van der Waals surface area contributed by atoms with Crippen LogP contribution < -0.4 is 0 Å². The topological polar surface area (TPSA) is 54.4 Å². The molecule has 0 spiro atoms. The van der Waals surface area contributed by atoms with Crippen LogP contribution in [0.1, 0.15) is 30.6 Å². The molecule has 0 fully saturated rings. The molecule has 1 unspecified atom stereocenters. The highest BCUT2D eigenvalue weighted by Crippen LogP contribution is 2.14. The second kappa shape index (κ2) is 7.13. The molecule has 0 saturated heterocycles. The van der Waals surface area contributed by atoms with E-state index in [1.54, 1.807) is 11.3 Å². The molecule has 0 radical (unpaired) electrons. The van der Waals surface area contributed by atoms with E-state index in [9.17, 15) is 13.5 Å². The van der Waals surface area contributed by atoms with E-state index in [1.807, 2.05) is 6.07 Å². The number of rotatable bonds is 8. The summed E-state index contributed by atoms with van der Waals surface area (Å²) in [5, 5.41) is 11.7. The molecule has 1 rings (SSSR count). The summed E-state index contributed by atoms with van der Waals surface area (Å²) in [6.07, 6.45) is 4.71. The predicted octanol–water partition coefficient (Wildman–Crippen LogP) is 2.26.